The van der Waals surface area contributed by atoms with E-state index < -0.39 is 35.9 Å². The summed E-state index contributed by atoms with van der Waals surface area (Å²) in [6.45, 7) is 6.08. The minimum absolute atomic E-state index is 0.131. The van der Waals surface area contributed by atoms with Crippen molar-refractivity contribution >= 4 is 59.3 Å². The highest BCUT2D eigenvalue weighted by atomic mass is 32.3. The van der Waals surface area contributed by atoms with E-state index in [0.717, 1.165) is 38.3 Å². The van der Waals surface area contributed by atoms with E-state index >= 15 is 0 Å². The Hall–Kier alpha value is -1.12. The first-order valence-corrected chi connectivity index (χ1v) is 16.2. The van der Waals surface area contributed by atoms with E-state index in [4.69, 9.17) is 12.2 Å². The second-order valence-electron chi connectivity index (χ2n) is 8.21. The Morgan fingerprint density at radius 1 is 0.972 bits per heavy atom. The Morgan fingerprint density at radius 3 is 2.06 bits per heavy atom. The fourth-order valence-electron chi connectivity index (χ4n) is 3.58. The molecule has 0 radical (unpaired) electrons. The number of halogens is 3. The summed E-state index contributed by atoms with van der Waals surface area (Å²) < 4.78 is 87.7. The zero-order valence-electron chi connectivity index (χ0n) is 19.9. The summed E-state index contributed by atoms with van der Waals surface area (Å²) in [4.78, 5) is -0.630. The molecule has 0 amide bonds. The second kappa shape index (κ2) is 12.6. The van der Waals surface area contributed by atoms with Crippen LogP contribution in [0.25, 0.3) is 4.13 Å². The van der Waals surface area contributed by atoms with Gasteiger partial charge in [-0.15, -0.1) is 23.5 Å². The summed E-state index contributed by atoms with van der Waals surface area (Å²) in [7, 11) is -11.3. The summed E-state index contributed by atoms with van der Waals surface area (Å²) in [6, 6.07) is 15.2. The number of rotatable bonds is 11. The van der Waals surface area contributed by atoms with Gasteiger partial charge in [-0.2, -0.15) is 13.2 Å². The molecule has 0 aromatic heterocycles. The predicted octanol–water partition coefficient (Wildman–Crippen LogP) is 7.21. The van der Waals surface area contributed by atoms with E-state index in [-0.39, 0.29) is 5.92 Å². The molecule has 5 nitrogen and oxygen atoms in total. The maximum Gasteiger partial charge on any atom is 0.480 e. The van der Waals surface area contributed by atoms with Gasteiger partial charge in [-0.3, -0.25) is 0 Å². The number of thioether (sulfide) groups is 2. The lowest BCUT2D eigenvalue weighted by atomic mass is 9.72. The maximum atomic E-state index is 12.6. The first-order chi connectivity index (χ1) is 16.6. The number of thiocarbonyl (C=S) groups is 1. The molecule has 0 N–H and O–H groups in total. The predicted molar refractivity (Wildman–Crippen MR) is 147 cm³/mol. The van der Waals surface area contributed by atoms with Gasteiger partial charge in [0.25, 0.3) is 0 Å². The molecule has 36 heavy (non-hydrogen) atoms. The summed E-state index contributed by atoms with van der Waals surface area (Å²) >= 11 is 8.67. The SMILES string of the molecule is CCSC(=S)SCC(CC(C)(CC)c1ccc(S(=O)(=O)[N-]S(=O)(=O)C(F)(F)F)cc1)c1ccccc1. The van der Waals surface area contributed by atoms with Crippen molar-refractivity contribution in [1.29, 1.82) is 0 Å². The van der Waals surface area contributed by atoms with Crippen LogP contribution in [0, 0.1) is 0 Å². The smallest absolute Gasteiger partial charge is 0.424 e. The molecular weight excluding hydrogens is 572 g/mol. The third-order valence-corrected chi connectivity index (χ3v) is 11.5. The van der Waals surface area contributed by atoms with Crippen molar-refractivity contribution in [1.82, 2.24) is 0 Å². The highest BCUT2D eigenvalue weighted by Gasteiger charge is 2.40. The fraction of sp³-hybridized carbons (Fsp3) is 0.435. The molecule has 0 aliphatic heterocycles. The van der Waals surface area contributed by atoms with Crippen molar-refractivity contribution in [3.05, 3.63) is 69.9 Å². The van der Waals surface area contributed by atoms with Gasteiger partial charge in [0.05, 0.1) is 0 Å². The van der Waals surface area contributed by atoms with Crippen molar-refractivity contribution in [2.24, 2.45) is 0 Å². The van der Waals surface area contributed by atoms with Crippen LogP contribution in [0.15, 0.2) is 59.5 Å². The average Bonchev–Trinajstić information content (AvgIpc) is 2.81. The Labute approximate surface area is 225 Å². The molecule has 0 bridgehead atoms. The standard InChI is InChI=1S/C23H27F3NO4S5/c1-4-22(3,15-18(16-34-21(32)33-5-2)17-9-7-6-8-10-17)19-11-13-20(14-12-19)35(28,29)27-36(30,31)23(24,25)26/h6-14,18H,4-5,15-16H2,1-3H3/q-1. The summed E-state index contributed by atoms with van der Waals surface area (Å²) in [5, 5.41) is 0. The van der Waals surface area contributed by atoms with Gasteiger partial charge >= 0.3 is 5.51 Å². The zero-order valence-corrected chi connectivity index (χ0v) is 23.9. The molecule has 2 aromatic rings. The van der Waals surface area contributed by atoms with Crippen LogP contribution in [-0.2, 0) is 25.5 Å². The largest absolute Gasteiger partial charge is 0.480 e. The lowest BCUT2D eigenvalue weighted by molar-refractivity contribution is -0.0425. The molecule has 0 saturated carbocycles. The molecule has 0 fully saturated rings. The summed E-state index contributed by atoms with van der Waals surface area (Å²) in [5.41, 5.74) is -4.29. The number of alkyl halides is 3. The molecule has 2 aromatic carbocycles. The quantitative estimate of drug-likeness (QED) is 0.253. The first kappa shape index (κ1) is 31.1. The number of benzene rings is 2. The van der Waals surface area contributed by atoms with E-state index in [0.29, 0.717) is 12.8 Å². The summed E-state index contributed by atoms with van der Waals surface area (Å²) in [6.07, 6.45) is 1.41. The third kappa shape index (κ3) is 8.19. The normalized spacial score (nSPS) is 15.3. The lowest BCUT2D eigenvalue weighted by Gasteiger charge is -2.34. The van der Waals surface area contributed by atoms with E-state index in [1.165, 1.54) is 12.1 Å². The molecule has 0 saturated heterocycles. The second-order valence-corrected chi connectivity index (χ2v) is 15.1. The van der Waals surface area contributed by atoms with Crippen LogP contribution in [0.4, 0.5) is 13.2 Å². The van der Waals surface area contributed by atoms with E-state index in [1.54, 1.807) is 23.5 Å². The van der Waals surface area contributed by atoms with Crippen LogP contribution in [0.5, 0.6) is 0 Å². The summed E-state index contributed by atoms with van der Waals surface area (Å²) in [5.74, 6) is 1.78. The minimum Gasteiger partial charge on any atom is -0.424 e. The molecule has 2 rings (SSSR count). The maximum absolute atomic E-state index is 12.6. The van der Waals surface area contributed by atoms with Crippen LogP contribution in [0.1, 0.15) is 50.7 Å². The van der Waals surface area contributed by atoms with Gasteiger partial charge in [0.1, 0.15) is 13.6 Å². The molecule has 0 aliphatic rings. The van der Waals surface area contributed by atoms with Crippen molar-refractivity contribution in [3.8, 4) is 0 Å². The molecule has 200 valence electrons. The highest BCUT2D eigenvalue weighted by Crippen LogP contribution is 2.41. The molecule has 13 heteroatoms. The van der Waals surface area contributed by atoms with E-state index in [2.05, 4.69) is 16.3 Å². The number of sulfonamides is 2. The molecule has 0 aliphatic carbocycles. The van der Waals surface area contributed by atoms with Crippen molar-refractivity contribution in [3.63, 3.8) is 0 Å². The number of hydrogen-bond donors (Lipinski definition) is 0. The van der Waals surface area contributed by atoms with Crippen LogP contribution in [-0.4, -0.2) is 37.4 Å². The molecule has 0 heterocycles. The Bertz CT molecular complexity index is 1230. The first-order valence-electron chi connectivity index (χ1n) is 10.9. The Balaban J connectivity index is 2.32. The van der Waals surface area contributed by atoms with Gasteiger partial charge in [-0.25, -0.2) is 16.8 Å². The molecule has 0 spiro atoms. The van der Waals surface area contributed by atoms with Crippen LogP contribution >= 0.6 is 35.7 Å². The van der Waals surface area contributed by atoms with Gasteiger partial charge < -0.3 is 4.13 Å². The highest BCUT2D eigenvalue weighted by molar-refractivity contribution is 8.47. The lowest BCUT2D eigenvalue weighted by Crippen LogP contribution is -2.26. The van der Waals surface area contributed by atoms with Crippen LogP contribution < -0.4 is 0 Å². The minimum atomic E-state index is -6.19. The monoisotopic (exact) mass is 598 g/mol. The topological polar surface area (TPSA) is 82.4 Å². The average molecular weight is 599 g/mol. The van der Waals surface area contributed by atoms with Gasteiger partial charge in [0.15, 0.2) is 10.0 Å². The van der Waals surface area contributed by atoms with Gasteiger partial charge in [-0.05, 0) is 53.2 Å². The molecule has 2 unspecified atom stereocenters. The third-order valence-electron chi connectivity index (χ3n) is 5.75. The number of nitrogens with zero attached hydrogens (tertiary/aromatic N) is 1. The van der Waals surface area contributed by atoms with E-state index in [1.807, 2.05) is 39.0 Å². The van der Waals surface area contributed by atoms with E-state index in [9.17, 15) is 30.0 Å². The van der Waals surface area contributed by atoms with Crippen molar-refractivity contribution in [2.45, 2.75) is 55.3 Å². The fourth-order valence-corrected chi connectivity index (χ4v) is 8.11. The zero-order chi connectivity index (χ0) is 27.2. The Kier molecular flexibility index (Phi) is 10.9. The molecule has 2 atom stereocenters. The van der Waals surface area contributed by atoms with Gasteiger partial charge in [0.2, 0.25) is 0 Å². The van der Waals surface area contributed by atoms with Gasteiger partial charge in [-0.1, -0.05) is 75.5 Å². The van der Waals surface area contributed by atoms with Crippen LogP contribution in [0.2, 0.25) is 0 Å². The number of hydrogen-bond acceptors (Lipinski definition) is 7. The van der Waals surface area contributed by atoms with Gasteiger partial charge in [0, 0.05) is 10.6 Å². The molecular formula is C23H27F3NO4S5-. The van der Waals surface area contributed by atoms with Crippen molar-refractivity contribution in [2.75, 3.05) is 11.5 Å². The Morgan fingerprint density at radius 2 is 1.56 bits per heavy atom. The van der Waals surface area contributed by atoms with Crippen LogP contribution in [0.3, 0.4) is 0 Å². The van der Waals surface area contributed by atoms with Crippen molar-refractivity contribution < 1.29 is 30.0 Å².